The molecule has 11 aromatic rings. The predicted octanol–water partition coefficient (Wildman–Crippen LogP) is 16.8. The zero-order valence-corrected chi connectivity index (χ0v) is 35.8. The van der Waals surface area contributed by atoms with Gasteiger partial charge in [0.25, 0.3) is 0 Å². The molecule has 64 heavy (non-hydrogen) atoms. The minimum Gasteiger partial charge on any atom is -0.0619 e. The molecule has 0 saturated heterocycles. The maximum Gasteiger partial charge on any atom is 0.0725 e. The van der Waals surface area contributed by atoms with E-state index in [0.717, 1.165) is 0 Å². The van der Waals surface area contributed by atoms with Gasteiger partial charge in [0, 0.05) is 5.41 Å². The first kappa shape index (κ1) is 35.8. The van der Waals surface area contributed by atoms with Crippen LogP contribution >= 0.6 is 0 Å². The Hall–Kier alpha value is -7.80. The zero-order chi connectivity index (χ0) is 42.3. The summed E-state index contributed by atoms with van der Waals surface area (Å²) in [7, 11) is 0. The van der Waals surface area contributed by atoms with E-state index in [1.165, 1.54) is 132 Å². The molecule has 0 aliphatic heterocycles. The van der Waals surface area contributed by atoms with Crippen molar-refractivity contribution in [2.24, 2.45) is 0 Å². The van der Waals surface area contributed by atoms with Gasteiger partial charge in [-0.3, -0.25) is 0 Å². The third-order valence-electron chi connectivity index (χ3n) is 15.2. The topological polar surface area (TPSA) is 0 Å². The van der Waals surface area contributed by atoms with Crippen molar-refractivity contribution in [1.29, 1.82) is 0 Å². The van der Waals surface area contributed by atoms with Crippen LogP contribution in [-0.2, 0) is 10.8 Å². The van der Waals surface area contributed by atoms with Gasteiger partial charge < -0.3 is 0 Å². The molecule has 0 saturated carbocycles. The second kappa shape index (κ2) is 12.9. The maximum absolute atomic E-state index is 2.54. The first-order chi connectivity index (χ1) is 31.5. The molecule has 0 heteroatoms. The summed E-state index contributed by atoms with van der Waals surface area (Å²) >= 11 is 0. The smallest absolute Gasteiger partial charge is 0.0619 e. The van der Waals surface area contributed by atoms with Crippen LogP contribution in [-0.4, -0.2) is 0 Å². The van der Waals surface area contributed by atoms with Gasteiger partial charge in [-0.05, 0) is 151 Å². The third kappa shape index (κ3) is 4.57. The second-order valence-corrected chi connectivity index (χ2v) is 18.7. The van der Waals surface area contributed by atoms with Crippen molar-refractivity contribution in [3.05, 3.63) is 252 Å². The van der Waals surface area contributed by atoms with E-state index in [0.29, 0.717) is 0 Å². The summed E-state index contributed by atoms with van der Waals surface area (Å²) in [5.74, 6) is 0. The van der Waals surface area contributed by atoms with Crippen molar-refractivity contribution >= 4 is 32.3 Å². The lowest BCUT2D eigenvalue weighted by Crippen LogP contribution is -2.25. The molecule has 0 radical (unpaired) electrons. The second-order valence-electron chi connectivity index (χ2n) is 18.7. The van der Waals surface area contributed by atoms with Gasteiger partial charge in [-0.15, -0.1) is 0 Å². The van der Waals surface area contributed by atoms with E-state index in [-0.39, 0.29) is 5.41 Å². The summed E-state index contributed by atoms with van der Waals surface area (Å²) in [6.45, 7) is 4.77. The van der Waals surface area contributed by atoms with Crippen molar-refractivity contribution in [3.8, 4) is 66.8 Å². The Kier molecular flexibility index (Phi) is 7.20. The van der Waals surface area contributed by atoms with Crippen molar-refractivity contribution in [2.45, 2.75) is 24.7 Å². The summed E-state index contributed by atoms with van der Waals surface area (Å²) in [4.78, 5) is 0. The normalized spacial score (nSPS) is 14.3. The van der Waals surface area contributed by atoms with Crippen molar-refractivity contribution in [3.63, 3.8) is 0 Å². The lowest BCUT2D eigenvalue weighted by molar-refractivity contribution is 0.666. The number of rotatable bonds is 3. The first-order valence-corrected chi connectivity index (χ1v) is 22.7. The number of benzene rings is 11. The lowest BCUT2D eigenvalue weighted by Gasteiger charge is -2.30. The monoisotopic (exact) mass is 810 g/mol. The molecular formula is C64H42. The maximum atomic E-state index is 2.54. The Bertz CT molecular complexity index is 3700. The lowest BCUT2D eigenvalue weighted by atomic mass is 9.70. The van der Waals surface area contributed by atoms with Crippen LogP contribution in [0.2, 0.25) is 0 Å². The molecule has 14 rings (SSSR count). The average Bonchev–Trinajstić information content (AvgIpc) is 3.91. The number of hydrogen-bond donors (Lipinski definition) is 0. The Morgan fingerprint density at radius 2 is 0.719 bits per heavy atom. The quantitative estimate of drug-likeness (QED) is 0.156. The molecule has 0 fully saturated rings. The number of fused-ring (bicyclic) bond motifs is 17. The minimum absolute atomic E-state index is 0.0824. The van der Waals surface area contributed by atoms with Crippen LogP contribution in [0.25, 0.3) is 99.1 Å². The van der Waals surface area contributed by atoms with Crippen molar-refractivity contribution < 1.29 is 0 Å². The molecule has 1 spiro atoms. The molecule has 0 N–H and O–H groups in total. The van der Waals surface area contributed by atoms with Crippen LogP contribution in [0.3, 0.4) is 0 Å². The number of hydrogen-bond acceptors (Lipinski definition) is 0. The van der Waals surface area contributed by atoms with Crippen LogP contribution in [0.15, 0.2) is 218 Å². The average molecular weight is 811 g/mol. The molecule has 3 aliphatic rings. The van der Waals surface area contributed by atoms with Crippen LogP contribution in [0.1, 0.15) is 47.2 Å². The minimum atomic E-state index is -0.399. The van der Waals surface area contributed by atoms with E-state index < -0.39 is 5.41 Å². The Morgan fingerprint density at radius 3 is 1.33 bits per heavy atom. The Labute approximate surface area is 373 Å². The summed E-state index contributed by atoms with van der Waals surface area (Å²) in [5.41, 5.74) is 23.3. The molecule has 298 valence electrons. The third-order valence-corrected chi connectivity index (χ3v) is 15.2. The van der Waals surface area contributed by atoms with Crippen molar-refractivity contribution in [1.82, 2.24) is 0 Å². The van der Waals surface area contributed by atoms with Crippen LogP contribution in [0, 0.1) is 0 Å². The van der Waals surface area contributed by atoms with E-state index >= 15 is 0 Å². The molecule has 0 aromatic heterocycles. The van der Waals surface area contributed by atoms with E-state index in [4.69, 9.17) is 0 Å². The van der Waals surface area contributed by atoms with Crippen molar-refractivity contribution in [2.75, 3.05) is 0 Å². The molecule has 0 bridgehead atoms. The highest BCUT2D eigenvalue weighted by Crippen LogP contribution is 2.63. The fourth-order valence-corrected chi connectivity index (χ4v) is 12.7. The molecule has 0 amide bonds. The van der Waals surface area contributed by atoms with Gasteiger partial charge in [0.05, 0.1) is 5.41 Å². The zero-order valence-electron chi connectivity index (χ0n) is 35.8. The summed E-state index contributed by atoms with van der Waals surface area (Å²) in [6, 6.07) is 82.7. The van der Waals surface area contributed by atoms with Crippen LogP contribution in [0.5, 0.6) is 0 Å². The molecule has 0 heterocycles. The molecular weight excluding hydrogens is 769 g/mol. The van der Waals surface area contributed by atoms with Crippen LogP contribution < -0.4 is 0 Å². The van der Waals surface area contributed by atoms with E-state index in [1.54, 1.807) is 0 Å². The summed E-state index contributed by atoms with van der Waals surface area (Å²) < 4.78 is 0. The highest BCUT2D eigenvalue weighted by Gasteiger charge is 2.51. The van der Waals surface area contributed by atoms with Gasteiger partial charge in [0.2, 0.25) is 0 Å². The van der Waals surface area contributed by atoms with Gasteiger partial charge in [0.1, 0.15) is 0 Å². The van der Waals surface area contributed by atoms with Gasteiger partial charge in [-0.25, -0.2) is 0 Å². The molecule has 0 nitrogen and oxygen atoms in total. The highest BCUT2D eigenvalue weighted by molar-refractivity contribution is 6.21. The Balaban J connectivity index is 0.961. The summed E-state index contributed by atoms with van der Waals surface area (Å²) in [5, 5.41) is 7.71. The van der Waals surface area contributed by atoms with E-state index in [1.807, 2.05) is 0 Å². The fourth-order valence-electron chi connectivity index (χ4n) is 12.7. The molecule has 0 atom stereocenters. The fraction of sp³-hybridized carbons (Fsp3) is 0.0625. The molecule has 3 aliphatic carbocycles. The van der Waals surface area contributed by atoms with E-state index in [2.05, 4.69) is 232 Å². The van der Waals surface area contributed by atoms with Gasteiger partial charge in [-0.1, -0.05) is 214 Å². The van der Waals surface area contributed by atoms with E-state index in [9.17, 15) is 0 Å². The van der Waals surface area contributed by atoms with Crippen LogP contribution in [0.4, 0.5) is 0 Å². The largest absolute Gasteiger partial charge is 0.0725 e. The van der Waals surface area contributed by atoms with Gasteiger partial charge in [0.15, 0.2) is 0 Å². The SMILES string of the molecule is CC1(C)c2ccc(-c3cccc(-c4c5ccccc5c(-c5ccc6c(c5)C5(c7ccccc7-c7ccccc75)c5ccccc5-6)c5ccccc45)c3)cc2-c2ccc3ccccc3c21. The Morgan fingerprint density at radius 1 is 0.266 bits per heavy atom. The van der Waals surface area contributed by atoms with Gasteiger partial charge in [-0.2, -0.15) is 0 Å². The standard InChI is InChI=1S/C64H42/c1-63(2)55-35-32-41(37-54(55)53-34-30-39-16-3-4-19-44(39)62(53)63)40-17-15-18-42(36-40)60-49-23-5-7-25-51(49)61(52-26-8-6-24-50(52)60)43-31-33-48-47-22-11-14-29-58(47)64(59(48)38-43)56-27-12-9-20-45(56)46-21-10-13-28-57(46)64/h3-38H,1-2H3. The first-order valence-electron chi connectivity index (χ1n) is 22.7. The molecule has 11 aromatic carbocycles. The molecule has 0 unspecified atom stereocenters. The van der Waals surface area contributed by atoms with Gasteiger partial charge >= 0.3 is 0 Å². The highest BCUT2D eigenvalue weighted by atomic mass is 14.5. The summed E-state index contributed by atoms with van der Waals surface area (Å²) in [6.07, 6.45) is 0. The predicted molar refractivity (Wildman–Crippen MR) is 269 cm³/mol.